The number of nitrogens with zero attached hydrogens (tertiary/aromatic N) is 1. The fourth-order valence-electron chi connectivity index (χ4n) is 1.36. The van der Waals surface area contributed by atoms with Gasteiger partial charge in [-0.3, -0.25) is 9.78 Å². The summed E-state index contributed by atoms with van der Waals surface area (Å²) < 4.78 is 36.9. The van der Waals surface area contributed by atoms with Gasteiger partial charge < -0.3 is 4.98 Å². The summed E-state index contributed by atoms with van der Waals surface area (Å²) in [5, 5.41) is 0. The van der Waals surface area contributed by atoms with Crippen LogP contribution in [0.2, 0.25) is 0 Å². The van der Waals surface area contributed by atoms with Gasteiger partial charge in [-0.1, -0.05) is 12.1 Å². The Morgan fingerprint density at radius 2 is 1.71 bits per heavy atom. The molecule has 0 unspecified atom stereocenters. The van der Waals surface area contributed by atoms with Crippen LogP contribution in [0.25, 0.3) is 11.3 Å². The summed E-state index contributed by atoms with van der Waals surface area (Å²) in [6.45, 7) is 0. The summed E-state index contributed by atoms with van der Waals surface area (Å²) in [5.41, 5.74) is -0.274. The number of aromatic amines is 1. The van der Waals surface area contributed by atoms with Gasteiger partial charge in [0.25, 0.3) is 5.56 Å². The molecule has 0 aliphatic carbocycles. The smallest absolute Gasteiger partial charge is 0.319 e. The largest absolute Gasteiger partial charge is 0.416 e. The molecule has 0 radical (unpaired) electrons. The molecule has 0 saturated heterocycles. The highest BCUT2D eigenvalue weighted by molar-refractivity contribution is 5.58. The fourth-order valence-corrected chi connectivity index (χ4v) is 1.36. The molecule has 0 aliphatic heterocycles. The second-order valence-electron chi connectivity index (χ2n) is 3.39. The SMILES string of the molecule is O=c1cncc(-c2ccc(C(F)(F)F)cc2)[nH]1. The zero-order valence-corrected chi connectivity index (χ0v) is 8.45. The number of nitrogens with one attached hydrogen (secondary N) is 1. The number of halogens is 3. The first kappa shape index (κ1) is 11.4. The van der Waals surface area contributed by atoms with Gasteiger partial charge in [0.05, 0.1) is 23.7 Å². The minimum absolute atomic E-state index is 0.381. The van der Waals surface area contributed by atoms with Crippen molar-refractivity contribution in [3.05, 3.63) is 52.6 Å². The highest BCUT2D eigenvalue weighted by atomic mass is 19.4. The lowest BCUT2D eigenvalue weighted by molar-refractivity contribution is -0.137. The van der Waals surface area contributed by atoms with Crippen LogP contribution in [-0.2, 0) is 6.18 Å². The third kappa shape index (κ3) is 2.52. The Balaban J connectivity index is 2.39. The number of rotatable bonds is 1. The summed E-state index contributed by atoms with van der Waals surface area (Å²) in [6.07, 6.45) is -1.89. The third-order valence-corrected chi connectivity index (χ3v) is 2.18. The minimum atomic E-state index is -4.36. The Labute approximate surface area is 94.0 Å². The van der Waals surface area contributed by atoms with Gasteiger partial charge >= 0.3 is 6.18 Å². The maximum Gasteiger partial charge on any atom is 0.416 e. The van der Waals surface area contributed by atoms with E-state index in [-0.39, 0.29) is 0 Å². The van der Waals surface area contributed by atoms with Gasteiger partial charge in [-0.25, -0.2) is 0 Å². The van der Waals surface area contributed by atoms with Gasteiger partial charge in [0.2, 0.25) is 0 Å². The lowest BCUT2D eigenvalue weighted by Crippen LogP contribution is -2.06. The molecule has 88 valence electrons. The minimum Gasteiger partial charge on any atom is -0.319 e. The number of hydrogen-bond acceptors (Lipinski definition) is 2. The molecule has 0 amide bonds. The van der Waals surface area contributed by atoms with Crippen LogP contribution in [0.4, 0.5) is 13.2 Å². The average molecular weight is 240 g/mol. The number of benzene rings is 1. The van der Waals surface area contributed by atoms with Crippen molar-refractivity contribution >= 4 is 0 Å². The molecular formula is C11H7F3N2O. The van der Waals surface area contributed by atoms with Gasteiger partial charge in [-0.2, -0.15) is 13.2 Å². The van der Waals surface area contributed by atoms with Crippen LogP contribution in [0.3, 0.4) is 0 Å². The van der Waals surface area contributed by atoms with Crippen molar-refractivity contribution in [2.75, 3.05) is 0 Å². The van der Waals surface area contributed by atoms with Gasteiger partial charge in [-0.05, 0) is 17.7 Å². The molecule has 1 heterocycles. The first-order chi connectivity index (χ1) is 7.97. The molecule has 0 saturated carbocycles. The van der Waals surface area contributed by atoms with Crippen molar-refractivity contribution in [3.8, 4) is 11.3 Å². The van der Waals surface area contributed by atoms with Crippen LogP contribution in [0, 0.1) is 0 Å². The first-order valence-electron chi connectivity index (χ1n) is 4.69. The second-order valence-corrected chi connectivity index (χ2v) is 3.39. The average Bonchev–Trinajstić information content (AvgIpc) is 2.28. The van der Waals surface area contributed by atoms with Crippen LogP contribution in [-0.4, -0.2) is 9.97 Å². The highest BCUT2D eigenvalue weighted by Gasteiger charge is 2.29. The molecule has 0 bridgehead atoms. The van der Waals surface area contributed by atoms with E-state index in [0.717, 1.165) is 18.3 Å². The van der Waals surface area contributed by atoms with Crippen LogP contribution >= 0.6 is 0 Å². The van der Waals surface area contributed by atoms with E-state index >= 15 is 0 Å². The summed E-state index contributed by atoms with van der Waals surface area (Å²) in [6, 6.07) is 4.49. The zero-order valence-electron chi connectivity index (χ0n) is 8.45. The van der Waals surface area contributed by atoms with Crippen molar-refractivity contribution in [2.24, 2.45) is 0 Å². The van der Waals surface area contributed by atoms with E-state index in [1.54, 1.807) is 0 Å². The van der Waals surface area contributed by atoms with E-state index in [4.69, 9.17) is 0 Å². The Morgan fingerprint density at radius 1 is 1.06 bits per heavy atom. The zero-order chi connectivity index (χ0) is 12.5. The van der Waals surface area contributed by atoms with Crippen LogP contribution in [0.1, 0.15) is 5.56 Å². The Hall–Kier alpha value is -2.11. The van der Waals surface area contributed by atoms with Crippen LogP contribution < -0.4 is 5.56 Å². The number of alkyl halides is 3. The summed E-state index contributed by atoms with van der Waals surface area (Å²) >= 11 is 0. The van der Waals surface area contributed by atoms with Crippen LogP contribution in [0.15, 0.2) is 41.5 Å². The first-order valence-corrected chi connectivity index (χ1v) is 4.69. The molecule has 0 atom stereocenters. The van der Waals surface area contributed by atoms with Gasteiger partial charge in [0.1, 0.15) is 0 Å². The fraction of sp³-hybridized carbons (Fsp3) is 0.0909. The monoisotopic (exact) mass is 240 g/mol. The molecular weight excluding hydrogens is 233 g/mol. The van der Waals surface area contributed by atoms with Gasteiger partial charge in [0, 0.05) is 0 Å². The van der Waals surface area contributed by atoms with E-state index in [1.807, 2.05) is 0 Å². The van der Waals surface area contributed by atoms with Crippen molar-refractivity contribution in [3.63, 3.8) is 0 Å². The molecule has 0 aliphatic rings. The number of aromatic nitrogens is 2. The number of H-pyrrole nitrogens is 1. The molecule has 3 nitrogen and oxygen atoms in total. The van der Waals surface area contributed by atoms with Crippen molar-refractivity contribution in [1.29, 1.82) is 0 Å². The second kappa shape index (κ2) is 4.04. The predicted molar refractivity (Wildman–Crippen MR) is 55.3 cm³/mol. The van der Waals surface area contributed by atoms with E-state index in [9.17, 15) is 18.0 Å². The maximum atomic E-state index is 12.3. The van der Waals surface area contributed by atoms with Gasteiger partial charge in [-0.15, -0.1) is 0 Å². The third-order valence-electron chi connectivity index (χ3n) is 2.18. The Morgan fingerprint density at radius 3 is 2.24 bits per heavy atom. The standard InChI is InChI=1S/C11H7F3N2O/c12-11(13,14)8-3-1-7(2-4-8)9-5-15-6-10(17)16-9/h1-6H,(H,16,17). The number of hydrogen-bond donors (Lipinski definition) is 1. The summed E-state index contributed by atoms with van der Waals surface area (Å²) in [4.78, 5) is 17.1. The van der Waals surface area contributed by atoms with Crippen LogP contribution in [0.5, 0.6) is 0 Å². The topological polar surface area (TPSA) is 45.8 Å². The molecule has 1 N–H and O–H groups in total. The van der Waals surface area contributed by atoms with E-state index < -0.39 is 17.3 Å². The Kier molecular flexibility index (Phi) is 2.71. The predicted octanol–water partition coefficient (Wildman–Crippen LogP) is 2.46. The molecule has 1 aromatic carbocycles. The molecule has 2 aromatic rings. The van der Waals surface area contributed by atoms with Gasteiger partial charge in [0.15, 0.2) is 0 Å². The summed E-state index contributed by atoms with van der Waals surface area (Å²) in [5.74, 6) is 0. The maximum absolute atomic E-state index is 12.3. The van der Waals surface area contributed by atoms with E-state index in [1.165, 1.54) is 18.3 Å². The molecule has 17 heavy (non-hydrogen) atoms. The molecule has 1 aromatic heterocycles. The summed E-state index contributed by atoms with van der Waals surface area (Å²) in [7, 11) is 0. The van der Waals surface area contributed by atoms with E-state index in [2.05, 4.69) is 9.97 Å². The highest BCUT2D eigenvalue weighted by Crippen LogP contribution is 2.30. The lowest BCUT2D eigenvalue weighted by Gasteiger charge is -2.07. The van der Waals surface area contributed by atoms with Crippen molar-refractivity contribution in [1.82, 2.24) is 9.97 Å². The normalized spacial score (nSPS) is 11.5. The molecule has 2 rings (SSSR count). The van der Waals surface area contributed by atoms with Crippen molar-refractivity contribution in [2.45, 2.75) is 6.18 Å². The molecule has 6 heteroatoms. The lowest BCUT2D eigenvalue weighted by atomic mass is 10.1. The molecule has 0 fully saturated rings. The van der Waals surface area contributed by atoms with E-state index in [0.29, 0.717) is 11.3 Å². The molecule has 0 spiro atoms. The quantitative estimate of drug-likeness (QED) is 0.832. The Bertz CT molecular complexity index is 572. The van der Waals surface area contributed by atoms with Crippen molar-refractivity contribution < 1.29 is 13.2 Å².